The second-order valence-electron chi connectivity index (χ2n) is 3.75. The number of hydrogen-bond donors (Lipinski definition) is 1. The Morgan fingerprint density at radius 3 is 2.92 bits per heavy atom. The molecule has 0 aromatic heterocycles. The number of hydrogen-bond acceptors (Lipinski definition) is 2. The third-order valence-corrected chi connectivity index (χ3v) is 2.80. The number of Topliss-reactive ketones (excluding diaryl/α,β-unsaturated/α-hetero) is 1. The minimum atomic E-state index is 0.259. The molecule has 1 aliphatic heterocycles. The largest absolute Gasteiger partial charge is 0.316 e. The van der Waals surface area contributed by atoms with Gasteiger partial charge in [0.2, 0.25) is 0 Å². The van der Waals surface area contributed by atoms with Crippen molar-refractivity contribution in [2.24, 2.45) is 11.8 Å². The molecule has 0 aromatic rings. The van der Waals surface area contributed by atoms with Gasteiger partial charge in [0, 0.05) is 18.4 Å². The van der Waals surface area contributed by atoms with Crippen molar-refractivity contribution in [2.75, 3.05) is 13.1 Å². The van der Waals surface area contributed by atoms with Crippen LogP contribution in [0.4, 0.5) is 0 Å². The van der Waals surface area contributed by atoms with Crippen molar-refractivity contribution in [1.82, 2.24) is 5.32 Å². The molecule has 1 rings (SSSR count). The van der Waals surface area contributed by atoms with E-state index in [1.165, 1.54) is 0 Å². The van der Waals surface area contributed by atoms with Crippen LogP contribution in [0.3, 0.4) is 0 Å². The average molecular weight is 169 g/mol. The predicted octanol–water partition coefficient (Wildman–Crippen LogP) is 1.60. The molecule has 1 aliphatic rings. The first-order valence-electron chi connectivity index (χ1n) is 5.00. The smallest absolute Gasteiger partial charge is 0.140 e. The summed E-state index contributed by atoms with van der Waals surface area (Å²) in [5.41, 5.74) is 0. The lowest BCUT2D eigenvalue weighted by Gasteiger charge is -2.23. The monoisotopic (exact) mass is 169 g/mol. The zero-order valence-electron chi connectivity index (χ0n) is 8.10. The van der Waals surface area contributed by atoms with E-state index in [1.54, 1.807) is 0 Å². The number of carbonyl (C=O) groups excluding carboxylic acids is 1. The van der Waals surface area contributed by atoms with Gasteiger partial charge in [-0.2, -0.15) is 0 Å². The molecule has 2 heteroatoms. The normalized spacial score (nSPS) is 26.7. The first-order valence-corrected chi connectivity index (χ1v) is 5.00. The Hall–Kier alpha value is -0.370. The van der Waals surface area contributed by atoms with E-state index in [-0.39, 0.29) is 5.92 Å². The Labute approximate surface area is 74.7 Å². The van der Waals surface area contributed by atoms with Gasteiger partial charge in [-0.1, -0.05) is 13.8 Å². The van der Waals surface area contributed by atoms with Crippen LogP contribution in [-0.4, -0.2) is 18.9 Å². The number of carbonyl (C=O) groups is 1. The van der Waals surface area contributed by atoms with Gasteiger partial charge in [-0.15, -0.1) is 0 Å². The summed E-state index contributed by atoms with van der Waals surface area (Å²) in [5.74, 6) is 1.02. The van der Waals surface area contributed by atoms with Crippen molar-refractivity contribution >= 4 is 5.78 Å². The molecule has 1 saturated heterocycles. The van der Waals surface area contributed by atoms with Crippen molar-refractivity contribution in [3.05, 3.63) is 0 Å². The summed E-state index contributed by atoms with van der Waals surface area (Å²) in [6.45, 7) is 6.11. The quantitative estimate of drug-likeness (QED) is 0.695. The lowest BCUT2D eigenvalue weighted by molar-refractivity contribution is -0.126. The molecule has 0 saturated carbocycles. The lowest BCUT2D eigenvalue weighted by Crippen LogP contribution is -2.36. The molecule has 0 aliphatic carbocycles. The molecule has 0 radical (unpaired) electrons. The lowest BCUT2D eigenvalue weighted by atomic mass is 9.87. The molecule has 2 nitrogen and oxygen atoms in total. The summed E-state index contributed by atoms with van der Waals surface area (Å²) in [6, 6.07) is 0. The third kappa shape index (κ3) is 2.31. The van der Waals surface area contributed by atoms with Crippen molar-refractivity contribution in [2.45, 2.75) is 33.1 Å². The molecular weight excluding hydrogens is 150 g/mol. The summed E-state index contributed by atoms with van der Waals surface area (Å²) >= 11 is 0. The molecule has 0 bridgehead atoms. The summed E-state index contributed by atoms with van der Waals surface area (Å²) in [6.07, 6.45) is 3.23. The van der Waals surface area contributed by atoms with Crippen molar-refractivity contribution in [3.8, 4) is 0 Å². The van der Waals surface area contributed by atoms with Crippen LogP contribution in [0, 0.1) is 11.8 Å². The summed E-state index contributed by atoms with van der Waals surface area (Å²) in [4.78, 5) is 11.7. The van der Waals surface area contributed by atoms with Crippen LogP contribution < -0.4 is 5.32 Å². The number of piperidine rings is 1. The van der Waals surface area contributed by atoms with Crippen LogP contribution >= 0.6 is 0 Å². The van der Waals surface area contributed by atoms with Crippen molar-refractivity contribution in [3.63, 3.8) is 0 Å². The molecule has 70 valence electrons. The standard InChI is InChI=1S/C10H19NO/c1-3-8(2)10(12)9-5-4-6-11-7-9/h8-9,11H,3-7H2,1-2H3. The highest BCUT2D eigenvalue weighted by Gasteiger charge is 2.23. The molecule has 0 amide bonds. The van der Waals surface area contributed by atoms with Gasteiger partial charge < -0.3 is 5.32 Å². The van der Waals surface area contributed by atoms with Crippen molar-refractivity contribution in [1.29, 1.82) is 0 Å². The Morgan fingerprint density at radius 1 is 1.67 bits per heavy atom. The second kappa shape index (κ2) is 4.61. The predicted molar refractivity (Wildman–Crippen MR) is 50.1 cm³/mol. The zero-order chi connectivity index (χ0) is 8.97. The van der Waals surface area contributed by atoms with Crippen LogP contribution in [0.15, 0.2) is 0 Å². The molecule has 1 N–H and O–H groups in total. The van der Waals surface area contributed by atoms with Gasteiger partial charge in [-0.25, -0.2) is 0 Å². The molecule has 0 aromatic carbocycles. The fourth-order valence-electron chi connectivity index (χ4n) is 1.70. The fraction of sp³-hybridized carbons (Fsp3) is 0.900. The molecular formula is C10H19NO. The topological polar surface area (TPSA) is 29.1 Å². The van der Waals surface area contributed by atoms with Crippen LogP contribution in [0.1, 0.15) is 33.1 Å². The van der Waals surface area contributed by atoms with Crippen molar-refractivity contribution < 1.29 is 4.79 Å². The maximum atomic E-state index is 11.7. The highest BCUT2D eigenvalue weighted by molar-refractivity contribution is 5.83. The number of nitrogens with one attached hydrogen (secondary N) is 1. The Morgan fingerprint density at radius 2 is 2.42 bits per heavy atom. The minimum absolute atomic E-state index is 0.259. The Bertz CT molecular complexity index is 150. The fourth-order valence-corrected chi connectivity index (χ4v) is 1.70. The number of ketones is 1. The Balaban J connectivity index is 2.39. The highest BCUT2D eigenvalue weighted by Crippen LogP contribution is 2.17. The van der Waals surface area contributed by atoms with Crippen LogP contribution in [0.5, 0.6) is 0 Å². The molecule has 2 atom stereocenters. The summed E-state index contributed by atoms with van der Waals surface area (Å²) in [7, 11) is 0. The number of rotatable bonds is 3. The molecule has 1 fully saturated rings. The van der Waals surface area contributed by atoms with E-state index in [0.717, 1.165) is 32.4 Å². The van der Waals surface area contributed by atoms with Crippen LogP contribution in [0.25, 0.3) is 0 Å². The average Bonchev–Trinajstić information content (AvgIpc) is 2.17. The Kier molecular flexibility index (Phi) is 3.73. The van der Waals surface area contributed by atoms with Crippen LogP contribution in [0.2, 0.25) is 0 Å². The van der Waals surface area contributed by atoms with E-state index >= 15 is 0 Å². The molecule has 2 unspecified atom stereocenters. The van der Waals surface area contributed by atoms with Gasteiger partial charge >= 0.3 is 0 Å². The first kappa shape index (κ1) is 9.72. The SMILES string of the molecule is CCC(C)C(=O)C1CCCNC1. The van der Waals surface area contributed by atoms with E-state index in [4.69, 9.17) is 0 Å². The van der Waals surface area contributed by atoms with Gasteiger partial charge in [0.1, 0.15) is 5.78 Å². The van der Waals surface area contributed by atoms with Gasteiger partial charge in [-0.3, -0.25) is 4.79 Å². The maximum Gasteiger partial charge on any atom is 0.140 e. The third-order valence-electron chi connectivity index (χ3n) is 2.80. The highest BCUT2D eigenvalue weighted by atomic mass is 16.1. The van der Waals surface area contributed by atoms with E-state index in [2.05, 4.69) is 12.2 Å². The van der Waals surface area contributed by atoms with Gasteiger partial charge in [-0.05, 0) is 25.8 Å². The van der Waals surface area contributed by atoms with E-state index < -0.39 is 0 Å². The van der Waals surface area contributed by atoms with Gasteiger partial charge in [0.15, 0.2) is 0 Å². The molecule has 12 heavy (non-hydrogen) atoms. The molecule has 1 heterocycles. The summed E-state index contributed by atoms with van der Waals surface area (Å²) < 4.78 is 0. The van der Waals surface area contributed by atoms with Crippen LogP contribution in [-0.2, 0) is 4.79 Å². The van der Waals surface area contributed by atoms with Gasteiger partial charge in [0.05, 0.1) is 0 Å². The first-order chi connectivity index (χ1) is 5.75. The van der Waals surface area contributed by atoms with E-state index in [9.17, 15) is 4.79 Å². The second-order valence-corrected chi connectivity index (χ2v) is 3.75. The maximum absolute atomic E-state index is 11.7. The zero-order valence-corrected chi connectivity index (χ0v) is 8.10. The minimum Gasteiger partial charge on any atom is -0.316 e. The van der Waals surface area contributed by atoms with Gasteiger partial charge in [0.25, 0.3) is 0 Å². The summed E-state index contributed by atoms with van der Waals surface area (Å²) in [5, 5.41) is 3.27. The van der Waals surface area contributed by atoms with E-state index in [0.29, 0.717) is 11.7 Å². The van der Waals surface area contributed by atoms with E-state index in [1.807, 2.05) is 6.92 Å². The molecule has 0 spiro atoms.